The van der Waals surface area contributed by atoms with Gasteiger partial charge in [-0.15, -0.1) is 0 Å². The molecule has 1 aliphatic heterocycles. The van der Waals surface area contributed by atoms with E-state index in [1.54, 1.807) is 11.3 Å². The maximum atomic E-state index is 10.2. The van der Waals surface area contributed by atoms with Gasteiger partial charge >= 0.3 is 0 Å². The lowest BCUT2D eigenvalue weighted by Gasteiger charge is -2.30. The second-order valence-corrected chi connectivity index (χ2v) is 6.86. The van der Waals surface area contributed by atoms with Crippen LogP contribution in [0.3, 0.4) is 0 Å². The van der Waals surface area contributed by atoms with Gasteiger partial charge in [-0.05, 0) is 39.0 Å². The van der Waals surface area contributed by atoms with Crippen molar-refractivity contribution in [3.63, 3.8) is 0 Å². The molecule has 4 heteroatoms. The van der Waals surface area contributed by atoms with Crippen LogP contribution in [-0.2, 0) is 12.0 Å². The molecule has 0 aliphatic carbocycles. The zero-order valence-corrected chi connectivity index (χ0v) is 12.7. The van der Waals surface area contributed by atoms with Crippen molar-refractivity contribution in [2.24, 2.45) is 5.92 Å². The van der Waals surface area contributed by atoms with Gasteiger partial charge in [0.1, 0.15) is 0 Å². The molecule has 1 N–H and O–H groups in total. The molecule has 0 bridgehead atoms. The summed E-state index contributed by atoms with van der Waals surface area (Å²) >= 11 is 1.66. The average Bonchev–Trinajstić information content (AvgIpc) is 2.72. The summed E-state index contributed by atoms with van der Waals surface area (Å²) in [6, 6.07) is 0. The van der Waals surface area contributed by atoms with Gasteiger partial charge in [-0.3, -0.25) is 0 Å². The Kier molecular flexibility index (Phi) is 3.97. The van der Waals surface area contributed by atoms with Crippen molar-refractivity contribution < 1.29 is 5.11 Å². The summed E-state index contributed by atoms with van der Waals surface area (Å²) in [5, 5.41) is 11.3. The summed E-state index contributed by atoms with van der Waals surface area (Å²) in [4.78, 5) is 8.15. The zero-order valence-electron chi connectivity index (χ0n) is 11.9. The first-order valence-corrected chi connectivity index (χ1v) is 7.71. The number of aliphatic hydroxyl groups is 1. The number of piperidine rings is 1. The summed E-state index contributed by atoms with van der Waals surface area (Å²) in [7, 11) is 0. The molecular formula is C14H24N2OS. The zero-order chi connectivity index (χ0) is 13.3. The van der Waals surface area contributed by atoms with Crippen LogP contribution in [0, 0.1) is 5.92 Å². The number of aryl methyl sites for hydroxylation is 1. The molecule has 1 aromatic rings. The lowest BCUT2D eigenvalue weighted by molar-refractivity contribution is 0.0814. The molecule has 2 rings (SSSR count). The number of aromatic nitrogens is 1. The number of thiazole rings is 1. The summed E-state index contributed by atoms with van der Waals surface area (Å²) in [5.74, 6) is 0.748. The first kappa shape index (κ1) is 13.8. The number of hydrogen-bond donors (Lipinski definition) is 1. The van der Waals surface area contributed by atoms with E-state index in [1.165, 1.54) is 12.8 Å². The number of rotatable bonds is 3. The Morgan fingerprint density at radius 2 is 2.22 bits per heavy atom. The molecule has 0 radical (unpaired) electrons. The van der Waals surface area contributed by atoms with Crippen LogP contribution in [0.4, 0.5) is 5.13 Å². The molecule has 0 aromatic carbocycles. The fourth-order valence-electron chi connectivity index (χ4n) is 2.56. The summed E-state index contributed by atoms with van der Waals surface area (Å²) in [5.41, 5.74) is 0.281. The maximum Gasteiger partial charge on any atom is 0.185 e. The molecule has 102 valence electrons. The lowest BCUT2D eigenvalue weighted by atomic mass is 10.0. The third-order valence-electron chi connectivity index (χ3n) is 3.50. The molecule has 2 heterocycles. The van der Waals surface area contributed by atoms with Crippen molar-refractivity contribution >= 4 is 16.5 Å². The Bertz CT molecular complexity index is 408. The molecule has 1 atom stereocenters. The van der Waals surface area contributed by atoms with Crippen molar-refractivity contribution in [2.75, 3.05) is 18.0 Å². The van der Waals surface area contributed by atoms with Crippen LogP contribution in [0.1, 0.15) is 51.1 Å². The minimum atomic E-state index is -0.775. The highest BCUT2D eigenvalue weighted by Gasteiger charge is 2.27. The van der Waals surface area contributed by atoms with Crippen molar-refractivity contribution in [2.45, 2.75) is 52.6 Å². The topological polar surface area (TPSA) is 36.4 Å². The SMILES string of the molecule is CCc1nc(N2CCCC(C)C2)sc1C(C)(C)O. The highest BCUT2D eigenvalue weighted by molar-refractivity contribution is 7.15. The monoisotopic (exact) mass is 268 g/mol. The van der Waals surface area contributed by atoms with Crippen LogP contribution >= 0.6 is 11.3 Å². The van der Waals surface area contributed by atoms with Gasteiger partial charge in [0, 0.05) is 13.1 Å². The Morgan fingerprint density at radius 3 is 2.72 bits per heavy atom. The highest BCUT2D eigenvalue weighted by Crippen LogP contribution is 2.35. The van der Waals surface area contributed by atoms with Crippen molar-refractivity contribution in [3.05, 3.63) is 10.6 Å². The van der Waals surface area contributed by atoms with E-state index in [-0.39, 0.29) is 0 Å². The summed E-state index contributed by atoms with van der Waals surface area (Å²) in [6.07, 6.45) is 3.46. The number of nitrogens with zero attached hydrogens (tertiary/aromatic N) is 2. The fraction of sp³-hybridized carbons (Fsp3) is 0.786. The molecule has 3 nitrogen and oxygen atoms in total. The smallest absolute Gasteiger partial charge is 0.185 e. The molecule has 0 spiro atoms. The Balaban J connectivity index is 2.26. The molecule has 1 unspecified atom stereocenters. The van der Waals surface area contributed by atoms with E-state index in [0.717, 1.165) is 41.1 Å². The third kappa shape index (κ3) is 2.86. The van der Waals surface area contributed by atoms with Crippen LogP contribution < -0.4 is 4.90 Å². The summed E-state index contributed by atoms with van der Waals surface area (Å²) < 4.78 is 0. The van der Waals surface area contributed by atoms with Crippen molar-refractivity contribution in [3.8, 4) is 0 Å². The Hall–Kier alpha value is -0.610. The van der Waals surface area contributed by atoms with Crippen LogP contribution in [0.2, 0.25) is 0 Å². The second kappa shape index (κ2) is 5.17. The average molecular weight is 268 g/mol. The van der Waals surface area contributed by atoms with Gasteiger partial charge in [-0.1, -0.05) is 25.2 Å². The van der Waals surface area contributed by atoms with E-state index >= 15 is 0 Å². The minimum absolute atomic E-state index is 0.748. The molecule has 1 aromatic heterocycles. The first-order valence-electron chi connectivity index (χ1n) is 6.89. The van der Waals surface area contributed by atoms with E-state index < -0.39 is 5.60 Å². The molecule has 18 heavy (non-hydrogen) atoms. The number of hydrogen-bond acceptors (Lipinski definition) is 4. The van der Waals surface area contributed by atoms with Crippen molar-refractivity contribution in [1.82, 2.24) is 4.98 Å². The molecule has 1 fully saturated rings. The summed E-state index contributed by atoms with van der Waals surface area (Å²) in [6.45, 7) is 10.3. The lowest BCUT2D eigenvalue weighted by Crippen LogP contribution is -2.34. The van der Waals surface area contributed by atoms with Crippen LogP contribution in [0.5, 0.6) is 0 Å². The molecule has 0 amide bonds. The minimum Gasteiger partial charge on any atom is -0.385 e. The van der Waals surface area contributed by atoms with Crippen molar-refractivity contribution in [1.29, 1.82) is 0 Å². The molecule has 0 saturated carbocycles. The van der Waals surface area contributed by atoms with Gasteiger partial charge in [0.2, 0.25) is 0 Å². The number of anilines is 1. The molecule has 1 aliphatic rings. The van der Waals surface area contributed by atoms with Gasteiger partial charge in [0.05, 0.1) is 16.2 Å². The predicted octanol–water partition coefficient (Wildman–Crippen LogP) is 3.17. The third-order valence-corrected chi connectivity index (χ3v) is 4.98. The van der Waals surface area contributed by atoms with Gasteiger partial charge < -0.3 is 10.0 Å². The van der Waals surface area contributed by atoms with Gasteiger partial charge in [-0.25, -0.2) is 4.98 Å². The van der Waals surface area contributed by atoms with E-state index in [4.69, 9.17) is 4.98 Å². The maximum absolute atomic E-state index is 10.2. The molecular weight excluding hydrogens is 244 g/mol. The fourth-order valence-corrected chi connectivity index (χ4v) is 3.75. The predicted molar refractivity (Wildman–Crippen MR) is 77.3 cm³/mol. The van der Waals surface area contributed by atoms with E-state index in [9.17, 15) is 5.11 Å². The van der Waals surface area contributed by atoms with Crippen LogP contribution in [0.25, 0.3) is 0 Å². The molecule has 1 saturated heterocycles. The van der Waals surface area contributed by atoms with Crippen LogP contribution in [-0.4, -0.2) is 23.2 Å². The van der Waals surface area contributed by atoms with Gasteiger partial charge in [0.25, 0.3) is 0 Å². The van der Waals surface area contributed by atoms with Gasteiger partial charge in [-0.2, -0.15) is 0 Å². The van der Waals surface area contributed by atoms with Gasteiger partial charge in [0.15, 0.2) is 5.13 Å². The van der Waals surface area contributed by atoms with E-state index in [1.807, 2.05) is 13.8 Å². The van der Waals surface area contributed by atoms with E-state index in [0.29, 0.717) is 0 Å². The largest absolute Gasteiger partial charge is 0.385 e. The Morgan fingerprint density at radius 1 is 1.50 bits per heavy atom. The quantitative estimate of drug-likeness (QED) is 0.914. The normalized spacial score (nSPS) is 21.4. The standard InChI is InChI=1S/C14H24N2OS/c1-5-11-12(14(3,4)17)18-13(15-11)16-8-6-7-10(2)9-16/h10,17H,5-9H2,1-4H3. The highest BCUT2D eigenvalue weighted by atomic mass is 32.1. The first-order chi connectivity index (χ1) is 8.41. The van der Waals surface area contributed by atoms with Crippen LogP contribution in [0.15, 0.2) is 0 Å². The Labute approximate surface area is 114 Å². The second-order valence-electron chi connectivity index (χ2n) is 5.88. The van der Waals surface area contributed by atoms with E-state index in [2.05, 4.69) is 18.7 Å².